The van der Waals surface area contributed by atoms with Crippen molar-refractivity contribution in [3.63, 3.8) is 0 Å². The van der Waals surface area contributed by atoms with Crippen molar-refractivity contribution in [3.05, 3.63) is 11.9 Å². The third-order valence-corrected chi connectivity index (χ3v) is 3.36. The quantitative estimate of drug-likeness (QED) is 0.778. The number of aryl methyl sites for hydroxylation is 1. The lowest BCUT2D eigenvalue weighted by atomic mass is 10.1. The topological polar surface area (TPSA) is 49.8 Å². The van der Waals surface area contributed by atoms with Crippen LogP contribution in [0.25, 0.3) is 0 Å². The molecule has 0 bridgehead atoms. The Hall–Kier alpha value is -1.32. The molecule has 1 atom stereocenters. The molecule has 2 N–H and O–H groups in total. The minimum absolute atomic E-state index is 0.543. The molecule has 100 valence electrons. The second-order valence-electron chi connectivity index (χ2n) is 5.14. The molecule has 1 aromatic rings. The minimum atomic E-state index is 0.543. The summed E-state index contributed by atoms with van der Waals surface area (Å²) < 4.78 is 0. The van der Waals surface area contributed by atoms with Crippen molar-refractivity contribution in [1.29, 1.82) is 0 Å². The third kappa shape index (κ3) is 3.86. The van der Waals surface area contributed by atoms with Crippen LogP contribution in [0.3, 0.4) is 0 Å². The molecular formula is C14H24N4. The van der Waals surface area contributed by atoms with Crippen LogP contribution in [0.1, 0.15) is 45.4 Å². The first kappa shape index (κ1) is 13.1. The summed E-state index contributed by atoms with van der Waals surface area (Å²) in [5.74, 6) is 3.62. The molecule has 1 aromatic heterocycles. The first-order valence-corrected chi connectivity index (χ1v) is 7.07. The first-order valence-electron chi connectivity index (χ1n) is 7.07. The van der Waals surface area contributed by atoms with Crippen LogP contribution in [-0.4, -0.2) is 22.6 Å². The van der Waals surface area contributed by atoms with E-state index < -0.39 is 0 Å². The van der Waals surface area contributed by atoms with Crippen LogP contribution in [0.2, 0.25) is 0 Å². The molecule has 0 spiro atoms. The van der Waals surface area contributed by atoms with Crippen molar-refractivity contribution < 1.29 is 0 Å². The van der Waals surface area contributed by atoms with Gasteiger partial charge in [0.2, 0.25) is 0 Å². The normalized spacial score (nSPS) is 16.4. The van der Waals surface area contributed by atoms with Gasteiger partial charge in [-0.05, 0) is 32.6 Å². The number of aromatic nitrogens is 2. The Labute approximate surface area is 110 Å². The Bertz CT molecular complexity index is 387. The molecule has 4 nitrogen and oxygen atoms in total. The van der Waals surface area contributed by atoms with Gasteiger partial charge >= 0.3 is 0 Å². The molecule has 0 amide bonds. The largest absolute Gasteiger partial charge is 0.370 e. The van der Waals surface area contributed by atoms with E-state index in [1.807, 2.05) is 13.0 Å². The van der Waals surface area contributed by atoms with E-state index >= 15 is 0 Å². The van der Waals surface area contributed by atoms with Gasteiger partial charge in [-0.15, -0.1) is 0 Å². The fourth-order valence-electron chi connectivity index (χ4n) is 2.21. The van der Waals surface area contributed by atoms with Crippen LogP contribution in [0.5, 0.6) is 0 Å². The highest BCUT2D eigenvalue weighted by atomic mass is 15.1. The van der Waals surface area contributed by atoms with Crippen molar-refractivity contribution in [2.24, 2.45) is 5.92 Å². The van der Waals surface area contributed by atoms with Gasteiger partial charge in [0.1, 0.15) is 17.5 Å². The van der Waals surface area contributed by atoms with Crippen LogP contribution < -0.4 is 10.6 Å². The van der Waals surface area contributed by atoms with Crippen molar-refractivity contribution in [3.8, 4) is 0 Å². The summed E-state index contributed by atoms with van der Waals surface area (Å²) in [6, 6.07) is 2.55. The molecular weight excluding hydrogens is 224 g/mol. The van der Waals surface area contributed by atoms with Crippen LogP contribution >= 0.6 is 0 Å². The molecule has 18 heavy (non-hydrogen) atoms. The average Bonchev–Trinajstić information content (AvgIpc) is 3.12. The van der Waals surface area contributed by atoms with Crippen molar-refractivity contribution >= 4 is 11.6 Å². The lowest BCUT2D eigenvalue weighted by Crippen LogP contribution is -2.20. The predicted molar refractivity (Wildman–Crippen MR) is 76.0 cm³/mol. The highest BCUT2D eigenvalue weighted by molar-refractivity contribution is 5.47. The molecule has 1 fully saturated rings. The van der Waals surface area contributed by atoms with Crippen LogP contribution in [0.15, 0.2) is 6.07 Å². The fourth-order valence-corrected chi connectivity index (χ4v) is 2.21. The maximum atomic E-state index is 4.47. The monoisotopic (exact) mass is 248 g/mol. The molecule has 1 unspecified atom stereocenters. The first-order chi connectivity index (χ1) is 8.71. The zero-order valence-electron chi connectivity index (χ0n) is 11.7. The van der Waals surface area contributed by atoms with E-state index in [-0.39, 0.29) is 0 Å². The Morgan fingerprint density at radius 2 is 2.00 bits per heavy atom. The molecule has 1 heterocycles. The summed E-state index contributed by atoms with van der Waals surface area (Å²) in [4.78, 5) is 8.84. The van der Waals surface area contributed by atoms with Gasteiger partial charge in [-0.1, -0.05) is 19.8 Å². The SMILES string of the molecule is CCNc1cc(NC(CC)CC2CC2)nc(C)n1. The number of nitrogens with one attached hydrogen (secondary N) is 2. The number of hydrogen-bond donors (Lipinski definition) is 2. The second kappa shape index (κ2) is 6.03. The second-order valence-corrected chi connectivity index (χ2v) is 5.14. The van der Waals surface area contributed by atoms with Gasteiger partial charge in [0.15, 0.2) is 0 Å². The summed E-state index contributed by atoms with van der Waals surface area (Å²) >= 11 is 0. The molecule has 1 aliphatic carbocycles. The standard InChI is InChI=1S/C14H24N4/c1-4-12(8-11-6-7-11)18-14-9-13(15-5-2)16-10(3)17-14/h9,11-12H,4-8H2,1-3H3,(H2,15,16,17,18). The fraction of sp³-hybridized carbons (Fsp3) is 0.714. The average molecular weight is 248 g/mol. The van der Waals surface area contributed by atoms with Gasteiger partial charge < -0.3 is 10.6 Å². The number of nitrogens with zero attached hydrogens (tertiary/aromatic N) is 2. The highest BCUT2D eigenvalue weighted by Gasteiger charge is 2.24. The summed E-state index contributed by atoms with van der Waals surface area (Å²) in [6.07, 6.45) is 5.24. The van der Waals surface area contributed by atoms with E-state index in [2.05, 4.69) is 34.4 Å². The molecule has 1 saturated carbocycles. The summed E-state index contributed by atoms with van der Waals surface area (Å²) in [5, 5.41) is 6.79. The lowest BCUT2D eigenvalue weighted by Gasteiger charge is -2.18. The molecule has 4 heteroatoms. The van der Waals surface area contributed by atoms with Crippen LogP contribution in [0.4, 0.5) is 11.6 Å². The van der Waals surface area contributed by atoms with E-state index in [1.54, 1.807) is 0 Å². The smallest absolute Gasteiger partial charge is 0.132 e. The molecule has 0 aromatic carbocycles. The van der Waals surface area contributed by atoms with Gasteiger partial charge in [-0.2, -0.15) is 0 Å². The molecule has 0 radical (unpaired) electrons. The molecule has 2 rings (SSSR count). The highest BCUT2D eigenvalue weighted by Crippen LogP contribution is 2.34. The lowest BCUT2D eigenvalue weighted by molar-refractivity contribution is 0.585. The Balaban J connectivity index is 2.01. The predicted octanol–water partition coefficient (Wildman–Crippen LogP) is 3.21. The van der Waals surface area contributed by atoms with E-state index in [0.29, 0.717) is 6.04 Å². The van der Waals surface area contributed by atoms with Crippen molar-refractivity contribution in [2.75, 3.05) is 17.2 Å². The van der Waals surface area contributed by atoms with Crippen molar-refractivity contribution in [2.45, 2.75) is 52.5 Å². The van der Waals surface area contributed by atoms with Gasteiger partial charge in [-0.3, -0.25) is 0 Å². The van der Waals surface area contributed by atoms with Crippen LogP contribution in [-0.2, 0) is 0 Å². The number of anilines is 2. The van der Waals surface area contributed by atoms with Crippen molar-refractivity contribution in [1.82, 2.24) is 9.97 Å². The Morgan fingerprint density at radius 1 is 1.28 bits per heavy atom. The van der Waals surface area contributed by atoms with E-state index in [4.69, 9.17) is 0 Å². The van der Waals surface area contributed by atoms with E-state index in [1.165, 1.54) is 19.3 Å². The summed E-state index contributed by atoms with van der Waals surface area (Å²) in [6.45, 7) is 7.13. The van der Waals surface area contributed by atoms with Gasteiger partial charge in [0.05, 0.1) is 0 Å². The Morgan fingerprint density at radius 3 is 2.61 bits per heavy atom. The zero-order chi connectivity index (χ0) is 13.0. The molecule has 1 aliphatic rings. The maximum absolute atomic E-state index is 4.47. The van der Waals surface area contributed by atoms with Gasteiger partial charge in [0.25, 0.3) is 0 Å². The maximum Gasteiger partial charge on any atom is 0.132 e. The van der Waals surface area contributed by atoms with Gasteiger partial charge in [0, 0.05) is 18.7 Å². The van der Waals surface area contributed by atoms with E-state index in [0.717, 1.165) is 36.3 Å². The molecule has 0 aliphatic heterocycles. The van der Waals surface area contributed by atoms with Crippen LogP contribution in [0, 0.1) is 12.8 Å². The minimum Gasteiger partial charge on any atom is -0.370 e. The van der Waals surface area contributed by atoms with Gasteiger partial charge in [-0.25, -0.2) is 9.97 Å². The molecule has 0 saturated heterocycles. The zero-order valence-corrected chi connectivity index (χ0v) is 11.7. The summed E-state index contributed by atoms with van der Waals surface area (Å²) in [7, 11) is 0. The number of rotatable bonds is 7. The summed E-state index contributed by atoms with van der Waals surface area (Å²) in [5.41, 5.74) is 0. The Kier molecular flexibility index (Phi) is 4.39. The van der Waals surface area contributed by atoms with E-state index in [9.17, 15) is 0 Å². The number of hydrogen-bond acceptors (Lipinski definition) is 4. The third-order valence-electron chi connectivity index (χ3n) is 3.36.